The van der Waals surface area contributed by atoms with Crippen molar-refractivity contribution in [3.05, 3.63) is 69.4 Å². The van der Waals surface area contributed by atoms with E-state index in [9.17, 15) is 14.4 Å². The van der Waals surface area contributed by atoms with Crippen LogP contribution in [0.25, 0.3) is 10.9 Å². The molecular formula is C21H23N3O4. The van der Waals surface area contributed by atoms with Crippen molar-refractivity contribution in [1.82, 2.24) is 9.13 Å². The number of anilines is 1. The maximum Gasteiger partial charge on any atom is 0.331 e. The lowest BCUT2D eigenvalue weighted by Crippen LogP contribution is -2.41. The quantitative estimate of drug-likeness (QED) is 0.682. The van der Waals surface area contributed by atoms with Crippen molar-refractivity contribution >= 4 is 22.5 Å². The first-order chi connectivity index (χ1) is 13.5. The van der Waals surface area contributed by atoms with E-state index in [-0.39, 0.29) is 18.0 Å². The van der Waals surface area contributed by atoms with Crippen LogP contribution in [0.3, 0.4) is 0 Å². The third-order valence-corrected chi connectivity index (χ3v) is 4.54. The number of aromatic nitrogens is 2. The highest BCUT2D eigenvalue weighted by Gasteiger charge is 2.15. The summed E-state index contributed by atoms with van der Waals surface area (Å²) >= 11 is 0. The molecule has 0 unspecified atom stereocenters. The number of carbonyl (C=O) groups excluding carboxylic acids is 1. The van der Waals surface area contributed by atoms with Gasteiger partial charge in [0.25, 0.3) is 5.56 Å². The Morgan fingerprint density at radius 2 is 1.75 bits per heavy atom. The Hall–Kier alpha value is -3.35. The molecule has 1 heterocycles. The summed E-state index contributed by atoms with van der Waals surface area (Å²) in [4.78, 5) is 38.1. The van der Waals surface area contributed by atoms with E-state index in [1.807, 2.05) is 6.92 Å². The number of hydrogen-bond donors (Lipinski definition) is 1. The van der Waals surface area contributed by atoms with E-state index in [1.54, 1.807) is 55.6 Å². The maximum absolute atomic E-state index is 12.9. The average Bonchev–Trinajstić information content (AvgIpc) is 2.71. The molecule has 0 fully saturated rings. The van der Waals surface area contributed by atoms with Crippen molar-refractivity contribution in [2.75, 3.05) is 12.4 Å². The van der Waals surface area contributed by atoms with Crippen LogP contribution in [0.1, 0.15) is 19.8 Å². The summed E-state index contributed by atoms with van der Waals surface area (Å²) in [5, 5.41) is 3.20. The fourth-order valence-corrected chi connectivity index (χ4v) is 3.06. The van der Waals surface area contributed by atoms with Crippen molar-refractivity contribution in [1.29, 1.82) is 0 Å². The Balaban J connectivity index is 1.95. The lowest BCUT2D eigenvalue weighted by Gasteiger charge is -2.14. The van der Waals surface area contributed by atoms with Crippen molar-refractivity contribution in [2.45, 2.75) is 32.9 Å². The number of rotatable bonds is 7. The number of unbranched alkanes of at least 4 members (excludes halogenated alkanes) is 1. The molecule has 1 amide bonds. The maximum atomic E-state index is 12.9. The van der Waals surface area contributed by atoms with Crippen LogP contribution in [-0.2, 0) is 17.9 Å². The average molecular weight is 381 g/mol. The van der Waals surface area contributed by atoms with Crippen molar-refractivity contribution in [3.8, 4) is 5.75 Å². The Labute approximate surface area is 162 Å². The van der Waals surface area contributed by atoms with Crippen LogP contribution in [0, 0.1) is 0 Å². The molecule has 7 nitrogen and oxygen atoms in total. The number of nitrogens with one attached hydrogen (secondary N) is 1. The standard InChI is InChI=1S/C21H23N3O4/c1-3-4-13-23-20(26)17-7-5-6-8-18(17)24(21(23)27)14-19(25)22-15-9-11-16(28-2)12-10-15/h5-12H,3-4,13-14H2,1-2H3,(H,22,25). The van der Waals surface area contributed by atoms with Gasteiger partial charge in [0.15, 0.2) is 0 Å². The second-order valence-corrected chi connectivity index (χ2v) is 6.47. The molecule has 1 aromatic heterocycles. The van der Waals surface area contributed by atoms with Gasteiger partial charge in [-0.3, -0.25) is 18.7 Å². The fraction of sp³-hybridized carbons (Fsp3) is 0.286. The molecule has 0 saturated carbocycles. The Morgan fingerprint density at radius 3 is 2.43 bits per heavy atom. The first-order valence-corrected chi connectivity index (χ1v) is 9.21. The molecule has 1 N–H and O–H groups in total. The molecule has 0 aliphatic rings. The zero-order valence-corrected chi connectivity index (χ0v) is 16.0. The molecule has 2 aromatic carbocycles. The van der Waals surface area contributed by atoms with E-state index in [1.165, 1.54) is 9.13 Å². The van der Waals surface area contributed by atoms with Gasteiger partial charge in [0, 0.05) is 12.2 Å². The second kappa shape index (κ2) is 8.56. The molecule has 0 radical (unpaired) electrons. The smallest absolute Gasteiger partial charge is 0.331 e. The van der Waals surface area contributed by atoms with Gasteiger partial charge in [-0.2, -0.15) is 0 Å². The predicted octanol–water partition coefficient (Wildman–Crippen LogP) is 2.61. The fourth-order valence-electron chi connectivity index (χ4n) is 3.06. The van der Waals surface area contributed by atoms with Gasteiger partial charge in [0.2, 0.25) is 5.91 Å². The minimum atomic E-state index is -0.470. The van der Waals surface area contributed by atoms with Gasteiger partial charge < -0.3 is 10.1 Å². The van der Waals surface area contributed by atoms with Crippen LogP contribution < -0.4 is 21.3 Å². The molecular weight excluding hydrogens is 358 g/mol. The number of ether oxygens (including phenoxy) is 1. The minimum absolute atomic E-state index is 0.183. The van der Waals surface area contributed by atoms with E-state index in [4.69, 9.17) is 4.74 Å². The lowest BCUT2D eigenvalue weighted by atomic mass is 10.2. The van der Waals surface area contributed by atoms with Crippen molar-refractivity contribution in [3.63, 3.8) is 0 Å². The predicted molar refractivity (Wildman–Crippen MR) is 109 cm³/mol. The first-order valence-electron chi connectivity index (χ1n) is 9.21. The molecule has 0 aliphatic carbocycles. The number of carbonyl (C=O) groups is 1. The van der Waals surface area contributed by atoms with Crippen molar-refractivity contribution in [2.24, 2.45) is 0 Å². The van der Waals surface area contributed by atoms with Gasteiger partial charge in [-0.1, -0.05) is 25.5 Å². The van der Waals surface area contributed by atoms with Crippen LogP contribution in [-0.4, -0.2) is 22.2 Å². The topological polar surface area (TPSA) is 82.3 Å². The highest BCUT2D eigenvalue weighted by Crippen LogP contribution is 2.15. The van der Waals surface area contributed by atoms with E-state index in [0.717, 1.165) is 6.42 Å². The summed E-state index contributed by atoms with van der Waals surface area (Å²) in [6, 6.07) is 13.8. The van der Waals surface area contributed by atoms with Gasteiger partial charge in [-0.05, 0) is 42.8 Å². The Kier molecular flexibility index (Phi) is 5.93. The number of nitrogens with zero attached hydrogens (tertiary/aromatic N) is 2. The molecule has 0 atom stereocenters. The third-order valence-electron chi connectivity index (χ3n) is 4.54. The number of para-hydroxylation sites is 1. The normalized spacial score (nSPS) is 10.8. The second-order valence-electron chi connectivity index (χ2n) is 6.47. The third kappa shape index (κ3) is 3.98. The van der Waals surface area contributed by atoms with Gasteiger partial charge >= 0.3 is 5.69 Å². The number of hydrogen-bond acceptors (Lipinski definition) is 4. The highest BCUT2D eigenvalue weighted by atomic mass is 16.5. The van der Waals surface area contributed by atoms with Gasteiger partial charge in [0.1, 0.15) is 12.3 Å². The van der Waals surface area contributed by atoms with E-state index in [0.29, 0.717) is 35.3 Å². The van der Waals surface area contributed by atoms with Crippen LogP contribution in [0.2, 0.25) is 0 Å². The van der Waals surface area contributed by atoms with E-state index in [2.05, 4.69) is 5.32 Å². The van der Waals surface area contributed by atoms with E-state index >= 15 is 0 Å². The lowest BCUT2D eigenvalue weighted by molar-refractivity contribution is -0.116. The SMILES string of the molecule is CCCCn1c(=O)c2ccccc2n(CC(=O)Nc2ccc(OC)cc2)c1=O. The zero-order chi connectivity index (χ0) is 20.1. The monoisotopic (exact) mass is 381 g/mol. The number of methoxy groups -OCH3 is 1. The summed E-state index contributed by atoms with van der Waals surface area (Å²) in [6.07, 6.45) is 1.57. The first kappa shape index (κ1) is 19.4. The summed E-state index contributed by atoms with van der Waals surface area (Å²) in [7, 11) is 1.57. The molecule has 0 spiro atoms. The molecule has 7 heteroatoms. The Bertz CT molecular complexity index is 1100. The molecule has 0 saturated heterocycles. The number of amides is 1. The summed E-state index contributed by atoms with van der Waals surface area (Å²) in [5.74, 6) is 0.335. The van der Waals surface area contributed by atoms with Crippen LogP contribution in [0.4, 0.5) is 5.69 Å². The largest absolute Gasteiger partial charge is 0.497 e. The molecule has 3 rings (SSSR count). The molecule has 3 aromatic rings. The van der Waals surface area contributed by atoms with Crippen LogP contribution >= 0.6 is 0 Å². The van der Waals surface area contributed by atoms with Crippen LogP contribution in [0.15, 0.2) is 58.1 Å². The minimum Gasteiger partial charge on any atom is -0.497 e. The zero-order valence-electron chi connectivity index (χ0n) is 16.0. The van der Waals surface area contributed by atoms with Gasteiger partial charge in [0.05, 0.1) is 18.0 Å². The summed E-state index contributed by atoms with van der Waals surface area (Å²) in [6.45, 7) is 2.14. The van der Waals surface area contributed by atoms with Crippen molar-refractivity contribution < 1.29 is 9.53 Å². The summed E-state index contributed by atoms with van der Waals surface area (Å²) < 4.78 is 7.67. The number of fused-ring (bicyclic) bond motifs is 1. The van der Waals surface area contributed by atoms with Gasteiger partial charge in [-0.15, -0.1) is 0 Å². The molecule has 146 valence electrons. The van der Waals surface area contributed by atoms with Gasteiger partial charge in [-0.25, -0.2) is 4.79 Å². The number of benzene rings is 2. The molecule has 0 aliphatic heterocycles. The summed E-state index contributed by atoms with van der Waals surface area (Å²) in [5.41, 5.74) is 0.264. The van der Waals surface area contributed by atoms with Crippen LogP contribution in [0.5, 0.6) is 5.75 Å². The Morgan fingerprint density at radius 1 is 1.04 bits per heavy atom. The molecule has 0 bridgehead atoms. The highest BCUT2D eigenvalue weighted by molar-refractivity contribution is 5.91. The molecule has 28 heavy (non-hydrogen) atoms. The van der Waals surface area contributed by atoms with E-state index < -0.39 is 5.69 Å².